The van der Waals surface area contributed by atoms with Crippen molar-refractivity contribution in [3.8, 4) is 11.5 Å². The zero-order chi connectivity index (χ0) is 23.0. The molecule has 0 fully saturated rings. The number of esters is 1. The Morgan fingerprint density at radius 1 is 1.09 bits per heavy atom. The minimum atomic E-state index is -0.715. The first-order valence-electron chi connectivity index (χ1n) is 11.0. The molecule has 0 aliphatic carbocycles. The molecular formula is C26H21NO6. The van der Waals surface area contributed by atoms with E-state index in [0.29, 0.717) is 34.2 Å². The molecule has 2 aliphatic rings. The van der Waals surface area contributed by atoms with Gasteiger partial charge in [-0.1, -0.05) is 18.2 Å². The molecule has 2 aromatic heterocycles. The van der Waals surface area contributed by atoms with Gasteiger partial charge in [0, 0.05) is 29.0 Å². The van der Waals surface area contributed by atoms with Gasteiger partial charge in [-0.15, -0.1) is 0 Å². The van der Waals surface area contributed by atoms with Gasteiger partial charge in [0.05, 0.1) is 17.5 Å². The fraction of sp³-hybridized carbons (Fsp3) is 0.269. The Balaban J connectivity index is 1.72. The molecule has 0 amide bonds. The van der Waals surface area contributed by atoms with Crippen LogP contribution in [0.5, 0.6) is 11.5 Å². The van der Waals surface area contributed by atoms with Gasteiger partial charge in [-0.25, -0.2) is 4.79 Å². The maximum Gasteiger partial charge on any atom is 0.339 e. The van der Waals surface area contributed by atoms with E-state index < -0.39 is 17.5 Å². The number of benzene rings is 2. The Morgan fingerprint density at radius 3 is 2.73 bits per heavy atom. The third-order valence-corrected chi connectivity index (χ3v) is 7.08. The van der Waals surface area contributed by atoms with Gasteiger partial charge in [0.15, 0.2) is 11.5 Å². The second-order valence-electron chi connectivity index (χ2n) is 8.90. The number of aryl methyl sites for hydroxylation is 3. The fourth-order valence-corrected chi connectivity index (χ4v) is 5.32. The molecule has 2 aliphatic heterocycles. The summed E-state index contributed by atoms with van der Waals surface area (Å²) in [6.07, 6.45) is 1.68. The first kappa shape index (κ1) is 19.8. The second-order valence-corrected chi connectivity index (χ2v) is 8.90. The SMILES string of the molecule is Cc1c(C)c2cc(O)c3c(c2oc1=O)C(c1cc2cccc4c2n(c1=O)CCC4)CC(=O)O3. The van der Waals surface area contributed by atoms with Crippen molar-refractivity contribution in [2.45, 2.75) is 45.6 Å². The van der Waals surface area contributed by atoms with Gasteiger partial charge in [0.25, 0.3) is 5.56 Å². The van der Waals surface area contributed by atoms with Gasteiger partial charge in [-0.3, -0.25) is 9.59 Å². The van der Waals surface area contributed by atoms with Gasteiger partial charge in [0.2, 0.25) is 0 Å². The van der Waals surface area contributed by atoms with E-state index in [1.54, 1.807) is 18.4 Å². The standard InChI is InChI=1S/C26H21NO6/c1-12-13(2)26(31)33-23-16(12)10-19(28)24-21(23)17(11-20(29)32-24)18-9-15-6-3-5-14-7-4-8-27(22(14)15)25(18)30/h3,5-6,9-10,17,28H,4,7-8,11H2,1-2H3. The van der Waals surface area contributed by atoms with Crippen molar-refractivity contribution in [1.29, 1.82) is 0 Å². The number of pyridine rings is 1. The highest BCUT2D eigenvalue weighted by atomic mass is 16.5. The van der Waals surface area contributed by atoms with Crippen molar-refractivity contribution < 1.29 is 19.1 Å². The highest BCUT2D eigenvalue weighted by Gasteiger charge is 2.36. The maximum absolute atomic E-state index is 13.7. The van der Waals surface area contributed by atoms with Crippen molar-refractivity contribution >= 4 is 27.8 Å². The molecule has 4 aromatic rings. The van der Waals surface area contributed by atoms with Crippen LogP contribution in [0.1, 0.15) is 46.6 Å². The lowest BCUT2D eigenvalue weighted by atomic mass is 9.84. The van der Waals surface area contributed by atoms with Crippen molar-refractivity contribution in [2.24, 2.45) is 0 Å². The number of para-hydroxylation sites is 1. The normalized spacial score (nSPS) is 17.3. The number of phenols is 1. The lowest BCUT2D eigenvalue weighted by Gasteiger charge is -2.28. The van der Waals surface area contributed by atoms with E-state index in [-0.39, 0.29) is 29.1 Å². The number of phenolic OH excluding ortho intramolecular Hbond substituents is 1. The van der Waals surface area contributed by atoms with Crippen LogP contribution in [-0.2, 0) is 17.8 Å². The van der Waals surface area contributed by atoms with E-state index >= 15 is 0 Å². The average molecular weight is 443 g/mol. The Labute approximate surface area is 187 Å². The molecule has 7 nitrogen and oxygen atoms in total. The third kappa shape index (κ3) is 2.71. The summed E-state index contributed by atoms with van der Waals surface area (Å²) in [5, 5.41) is 12.2. The van der Waals surface area contributed by atoms with Gasteiger partial charge < -0.3 is 18.8 Å². The van der Waals surface area contributed by atoms with Gasteiger partial charge in [0.1, 0.15) is 5.58 Å². The Bertz CT molecular complexity index is 1640. The zero-order valence-corrected chi connectivity index (χ0v) is 18.2. The van der Waals surface area contributed by atoms with Gasteiger partial charge in [-0.05, 0) is 55.3 Å². The largest absolute Gasteiger partial charge is 0.504 e. The highest BCUT2D eigenvalue weighted by molar-refractivity contribution is 5.93. The lowest BCUT2D eigenvalue weighted by Crippen LogP contribution is -2.31. The number of hydrogen-bond donors (Lipinski definition) is 1. The van der Waals surface area contributed by atoms with Crippen LogP contribution in [0.4, 0.5) is 0 Å². The number of carbonyl (C=O) groups excluding carboxylic acids is 1. The van der Waals surface area contributed by atoms with E-state index in [1.807, 2.05) is 24.3 Å². The monoisotopic (exact) mass is 443 g/mol. The summed E-state index contributed by atoms with van der Waals surface area (Å²) in [6.45, 7) is 4.03. The molecule has 166 valence electrons. The van der Waals surface area contributed by atoms with Crippen molar-refractivity contribution in [3.05, 3.63) is 78.9 Å². The van der Waals surface area contributed by atoms with E-state index in [2.05, 4.69) is 0 Å². The van der Waals surface area contributed by atoms with Crippen LogP contribution in [-0.4, -0.2) is 15.6 Å². The molecule has 6 rings (SSSR count). The third-order valence-electron chi connectivity index (χ3n) is 7.08. The predicted octanol–water partition coefficient (Wildman–Crippen LogP) is 3.82. The van der Waals surface area contributed by atoms with E-state index in [4.69, 9.17) is 9.15 Å². The molecule has 0 spiro atoms. The number of hydrogen-bond acceptors (Lipinski definition) is 6. The topological polar surface area (TPSA) is 98.7 Å². The maximum atomic E-state index is 13.7. The quantitative estimate of drug-likeness (QED) is 0.273. The number of nitrogens with zero attached hydrogens (tertiary/aromatic N) is 1. The van der Waals surface area contributed by atoms with Gasteiger partial charge in [-0.2, -0.15) is 0 Å². The number of rotatable bonds is 1. The number of ether oxygens (including phenoxy) is 1. The fourth-order valence-electron chi connectivity index (χ4n) is 5.32. The smallest absolute Gasteiger partial charge is 0.339 e. The summed E-state index contributed by atoms with van der Waals surface area (Å²) in [5.74, 6) is -1.55. The summed E-state index contributed by atoms with van der Waals surface area (Å²) in [4.78, 5) is 38.7. The summed E-state index contributed by atoms with van der Waals surface area (Å²) in [5.41, 5.74) is 3.51. The molecular weight excluding hydrogens is 422 g/mol. The first-order valence-corrected chi connectivity index (χ1v) is 11.0. The highest BCUT2D eigenvalue weighted by Crippen LogP contribution is 2.47. The van der Waals surface area contributed by atoms with E-state index in [9.17, 15) is 19.5 Å². The van der Waals surface area contributed by atoms with Crippen LogP contribution in [0.2, 0.25) is 0 Å². The zero-order valence-electron chi connectivity index (χ0n) is 18.2. The Hall–Kier alpha value is -3.87. The molecule has 4 heterocycles. The van der Waals surface area contributed by atoms with Crippen LogP contribution in [0.3, 0.4) is 0 Å². The first-order chi connectivity index (χ1) is 15.8. The molecule has 1 unspecified atom stereocenters. The van der Waals surface area contributed by atoms with Crippen LogP contribution in [0, 0.1) is 13.8 Å². The molecule has 1 N–H and O–H groups in total. The van der Waals surface area contributed by atoms with Crippen LogP contribution < -0.4 is 15.9 Å². The molecule has 0 saturated carbocycles. The molecule has 0 saturated heterocycles. The molecule has 33 heavy (non-hydrogen) atoms. The summed E-state index contributed by atoms with van der Waals surface area (Å²) >= 11 is 0. The molecule has 0 radical (unpaired) electrons. The molecule has 1 atom stereocenters. The van der Waals surface area contributed by atoms with Crippen LogP contribution in [0.15, 0.2) is 44.3 Å². The van der Waals surface area contributed by atoms with Crippen LogP contribution in [0.25, 0.3) is 21.9 Å². The number of fused-ring (bicyclic) bond motifs is 3. The molecule has 0 bridgehead atoms. The minimum Gasteiger partial charge on any atom is -0.504 e. The predicted molar refractivity (Wildman–Crippen MR) is 122 cm³/mol. The van der Waals surface area contributed by atoms with E-state index in [0.717, 1.165) is 29.3 Å². The number of aromatic nitrogens is 1. The lowest BCUT2D eigenvalue weighted by molar-refractivity contribution is -0.135. The van der Waals surface area contributed by atoms with Crippen molar-refractivity contribution in [1.82, 2.24) is 4.57 Å². The summed E-state index contributed by atoms with van der Waals surface area (Å²) in [6, 6.07) is 9.23. The Kier molecular flexibility index (Phi) is 4.08. The van der Waals surface area contributed by atoms with E-state index in [1.165, 1.54) is 6.07 Å². The molecule has 2 aromatic carbocycles. The molecule has 7 heteroatoms. The number of carbonyl (C=O) groups is 1. The van der Waals surface area contributed by atoms with Crippen molar-refractivity contribution in [2.75, 3.05) is 0 Å². The summed E-state index contributed by atoms with van der Waals surface area (Å²) in [7, 11) is 0. The Morgan fingerprint density at radius 2 is 1.91 bits per heavy atom. The number of aromatic hydroxyl groups is 1. The van der Waals surface area contributed by atoms with Gasteiger partial charge >= 0.3 is 11.6 Å². The summed E-state index contributed by atoms with van der Waals surface area (Å²) < 4.78 is 12.8. The van der Waals surface area contributed by atoms with Crippen LogP contribution >= 0.6 is 0 Å². The minimum absolute atomic E-state index is 0.0537. The van der Waals surface area contributed by atoms with Crippen molar-refractivity contribution in [3.63, 3.8) is 0 Å². The second kappa shape index (κ2) is 6.81. The average Bonchev–Trinajstić information content (AvgIpc) is 2.80.